The minimum atomic E-state index is -0.530. The summed E-state index contributed by atoms with van der Waals surface area (Å²) in [5.41, 5.74) is 1.45. The van der Waals surface area contributed by atoms with Crippen molar-refractivity contribution in [3.8, 4) is 5.75 Å². The third kappa shape index (κ3) is 4.80. The number of hydrogen-bond donors (Lipinski definition) is 1. The van der Waals surface area contributed by atoms with Gasteiger partial charge < -0.3 is 15.0 Å². The lowest BCUT2D eigenvalue weighted by molar-refractivity contribution is -0.133. The van der Waals surface area contributed by atoms with E-state index in [2.05, 4.69) is 5.32 Å². The van der Waals surface area contributed by atoms with Crippen LogP contribution in [0.2, 0.25) is 5.02 Å². The van der Waals surface area contributed by atoms with Gasteiger partial charge in [-0.15, -0.1) is 0 Å². The van der Waals surface area contributed by atoms with Gasteiger partial charge in [0, 0.05) is 18.1 Å². The van der Waals surface area contributed by atoms with Gasteiger partial charge in [-0.25, -0.2) is 0 Å². The predicted octanol–water partition coefficient (Wildman–Crippen LogP) is 3.66. The van der Waals surface area contributed by atoms with Crippen LogP contribution in [0.4, 0.5) is 0 Å². The van der Waals surface area contributed by atoms with Crippen LogP contribution in [-0.4, -0.2) is 36.4 Å². The van der Waals surface area contributed by atoms with Gasteiger partial charge in [-0.05, 0) is 49.1 Å². The Kier molecular flexibility index (Phi) is 6.35. The number of nitrogens with one attached hydrogen (secondary N) is 1. The molecular weight excluding hydrogens is 364 g/mol. The molecule has 5 nitrogen and oxygen atoms in total. The molecule has 0 bridgehead atoms. The Balaban J connectivity index is 1.71. The summed E-state index contributed by atoms with van der Waals surface area (Å²) in [4.78, 5) is 27.5. The summed E-state index contributed by atoms with van der Waals surface area (Å²) in [6.07, 6.45) is 2.44. The van der Waals surface area contributed by atoms with E-state index in [1.807, 2.05) is 29.2 Å². The Morgan fingerprint density at radius 2 is 1.93 bits per heavy atom. The molecule has 1 aliphatic rings. The summed E-state index contributed by atoms with van der Waals surface area (Å²) in [7, 11) is 1.52. The van der Waals surface area contributed by atoms with Gasteiger partial charge >= 0.3 is 0 Å². The molecule has 142 valence electrons. The first kappa shape index (κ1) is 19.2. The van der Waals surface area contributed by atoms with E-state index >= 15 is 0 Å². The number of para-hydroxylation sites is 1. The number of carbonyl (C=O) groups excluding carboxylic acids is 2. The molecule has 27 heavy (non-hydrogen) atoms. The van der Waals surface area contributed by atoms with Crippen LogP contribution in [0.5, 0.6) is 5.75 Å². The molecule has 1 aliphatic heterocycles. The van der Waals surface area contributed by atoms with Crippen molar-refractivity contribution in [2.45, 2.75) is 31.8 Å². The highest BCUT2D eigenvalue weighted by atomic mass is 35.5. The number of rotatable bonds is 5. The average molecular weight is 387 g/mol. The zero-order valence-corrected chi connectivity index (χ0v) is 16.0. The number of carbonyl (C=O) groups is 2. The lowest BCUT2D eigenvalue weighted by atomic mass is 10.1. The first-order chi connectivity index (χ1) is 13.1. The molecule has 0 saturated carbocycles. The summed E-state index contributed by atoms with van der Waals surface area (Å²) >= 11 is 5.93. The maximum absolute atomic E-state index is 13.0. The van der Waals surface area contributed by atoms with Crippen LogP contribution >= 0.6 is 11.6 Å². The van der Waals surface area contributed by atoms with Crippen LogP contribution in [0.25, 0.3) is 0 Å². The first-order valence-corrected chi connectivity index (χ1v) is 9.43. The van der Waals surface area contributed by atoms with Crippen LogP contribution in [0, 0.1) is 0 Å². The summed E-state index contributed by atoms with van der Waals surface area (Å²) in [5.74, 6) is 0.152. The maximum atomic E-state index is 13.0. The van der Waals surface area contributed by atoms with Gasteiger partial charge in [-0.2, -0.15) is 0 Å². The number of hydrogen-bond acceptors (Lipinski definition) is 3. The lowest BCUT2D eigenvalue weighted by Gasteiger charge is -2.25. The highest BCUT2D eigenvalue weighted by Crippen LogP contribution is 2.20. The van der Waals surface area contributed by atoms with Crippen molar-refractivity contribution in [1.29, 1.82) is 0 Å². The van der Waals surface area contributed by atoms with Crippen LogP contribution in [-0.2, 0) is 11.3 Å². The number of nitrogens with zero attached hydrogens (tertiary/aromatic N) is 1. The van der Waals surface area contributed by atoms with Crippen molar-refractivity contribution in [3.63, 3.8) is 0 Å². The molecule has 1 N–H and O–H groups in total. The molecule has 1 unspecified atom stereocenters. The van der Waals surface area contributed by atoms with Crippen LogP contribution in [0.1, 0.15) is 35.2 Å². The molecule has 1 fully saturated rings. The Hall–Kier alpha value is -2.53. The molecule has 0 aliphatic carbocycles. The van der Waals surface area contributed by atoms with Crippen molar-refractivity contribution in [2.75, 3.05) is 13.7 Å². The molecule has 2 aromatic rings. The minimum absolute atomic E-state index is 0.0503. The van der Waals surface area contributed by atoms with Gasteiger partial charge in [-0.3, -0.25) is 9.59 Å². The fourth-order valence-electron chi connectivity index (χ4n) is 3.27. The molecule has 2 amide bonds. The van der Waals surface area contributed by atoms with Gasteiger partial charge in [0.2, 0.25) is 5.91 Å². The van der Waals surface area contributed by atoms with Crippen molar-refractivity contribution in [2.24, 2.45) is 0 Å². The summed E-state index contributed by atoms with van der Waals surface area (Å²) in [6.45, 7) is 1.19. The molecule has 1 atom stereocenters. The smallest absolute Gasteiger partial charge is 0.255 e. The largest absolute Gasteiger partial charge is 0.496 e. The second-order valence-electron chi connectivity index (χ2n) is 6.61. The third-order valence-corrected chi connectivity index (χ3v) is 4.98. The number of likely N-dealkylation sites (tertiary alicyclic amines) is 1. The molecule has 0 radical (unpaired) electrons. The monoisotopic (exact) mass is 386 g/mol. The topological polar surface area (TPSA) is 58.6 Å². The minimum Gasteiger partial charge on any atom is -0.496 e. The van der Waals surface area contributed by atoms with Gasteiger partial charge in [-0.1, -0.05) is 35.9 Å². The molecule has 1 saturated heterocycles. The predicted molar refractivity (Wildman–Crippen MR) is 105 cm³/mol. The number of ether oxygens (including phenoxy) is 1. The molecule has 0 aromatic heterocycles. The maximum Gasteiger partial charge on any atom is 0.255 e. The van der Waals surface area contributed by atoms with Gasteiger partial charge in [0.1, 0.15) is 11.8 Å². The van der Waals surface area contributed by atoms with E-state index in [1.54, 1.807) is 24.3 Å². The molecule has 1 heterocycles. The van der Waals surface area contributed by atoms with Crippen molar-refractivity contribution < 1.29 is 14.3 Å². The van der Waals surface area contributed by atoms with Crippen molar-refractivity contribution >= 4 is 23.4 Å². The quantitative estimate of drug-likeness (QED) is 0.853. The fraction of sp³-hybridized carbons (Fsp3) is 0.333. The van der Waals surface area contributed by atoms with Crippen molar-refractivity contribution in [3.05, 3.63) is 64.7 Å². The first-order valence-electron chi connectivity index (χ1n) is 9.05. The third-order valence-electron chi connectivity index (χ3n) is 4.72. The van der Waals surface area contributed by atoms with Gasteiger partial charge in [0.05, 0.1) is 12.7 Å². The summed E-state index contributed by atoms with van der Waals surface area (Å²) < 4.78 is 5.25. The van der Waals surface area contributed by atoms with E-state index in [0.29, 0.717) is 35.8 Å². The number of methoxy groups -OCH3 is 1. The Morgan fingerprint density at radius 3 is 2.67 bits per heavy atom. The van der Waals surface area contributed by atoms with E-state index < -0.39 is 6.04 Å². The normalized spacial score (nSPS) is 17.3. The standard InChI is InChI=1S/C21H23ClN2O3/c1-27-19-8-3-2-6-17(19)20(25)23-18-7-4-5-13-24(21(18)26)14-15-9-11-16(22)12-10-15/h2-3,6,8-12,18H,4-5,7,13-14H2,1H3,(H,23,25). The Labute approximate surface area is 164 Å². The Bertz CT molecular complexity index is 807. The number of amides is 2. The van der Waals surface area contributed by atoms with Crippen LogP contribution < -0.4 is 10.1 Å². The summed E-state index contributed by atoms with van der Waals surface area (Å²) in [5, 5.41) is 3.56. The van der Waals surface area contributed by atoms with Crippen molar-refractivity contribution in [1.82, 2.24) is 10.2 Å². The molecule has 2 aromatic carbocycles. The molecule has 6 heteroatoms. The molecular formula is C21H23ClN2O3. The molecule has 0 spiro atoms. The zero-order valence-electron chi connectivity index (χ0n) is 15.3. The van der Waals surface area contributed by atoms with E-state index in [4.69, 9.17) is 16.3 Å². The lowest BCUT2D eigenvalue weighted by Crippen LogP contribution is -2.47. The summed E-state index contributed by atoms with van der Waals surface area (Å²) in [6, 6.07) is 14.0. The van der Waals surface area contributed by atoms with E-state index in [9.17, 15) is 9.59 Å². The van der Waals surface area contributed by atoms with Gasteiger partial charge in [0.15, 0.2) is 0 Å². The number of benzene rings is 2. The van der Waals surface area contributed by atoms with Crippen LogP contribution in [0.3, 0.4) is 0 Å². The van der Waals surface area contributed by atoms with E-state index in [0.717, 1.165) is 18.4 Å². The SMILES string of the molecule is COc1ccccc1C(=O)NC1CCCCN(Cc2ccc(Cl)cc2)C1=O. The van der Waals surface area contributed by atoms with Gasteiger partial charge in [0.25, 0.3) is 5.91 Å². The fourth-order valence-corrected chi connectivity index (χ4v) is 3.40. The second-order valence-corrected chi connectivity index (χ2v) is 7.04. The van der Waals surface area contributed by atoms with Crippen LogP contribution in [0.15, 0.2) is 48.5 Å². The highest BCUT2D eigenvalue weighted by molar-refractivity contribution is 6.30. The molecule has 3 rings (SSSR count). The zero-order chi connectivity index (χ0) is 19.2. The highest BCUT2D eigenvalue weighted by Gasteiger charge is 2.29. The second kappa shape index (κ2) is 8.91. The van der Waals surface area contributed by atoms with E-state index in [1.165, 1.54) is 7.11 Å². The van der Waals surface area contributed by atoms with E-state index in [-0.39, 0.29) is 11.8 Å². The Morgan fingerprint density at radius 1 is 1.19 bits per heavy atom. The number of halogens is 1. The average Bonchev–Trinajstić information content (AvgIpc) is 2.85.